The van der Waals surface area contributed by atoms with Gasteiger partial charge in [0.15, 0.2) is 9.84 Å². The number of nitrogens with one attached hydrogen (secondary N) is 1. The molecule has 7 nitrogen and oxygen atoms in total. The fourth-order valence-corrected chi connectivity index (χ4v) is 5.58. The van der Waals surface area contributed by atoms with Gasteiger partial charge in [-0.1, -0.05) is 30.3 Å². The predicted octanol–water partition coefficient (Wildman–Crippen LogP) is 3.77. The van der Waals surface area contributed by atoms with Crippen LogP contribution in [0.4, 0.5) is 5.69 Å². The van der Waals surface area contributed by atoms with Crippen LogP contribution in [0.1, 0.15) is 18.5 Å². The zero-order valence-electron chi connectivity index (χ0n) is 18.0. The van der Waals surface area contributed by atoms with Crippen molar-refractivity contribution in [2.75, 3.05) is 17.1 Å². The molecule has 3 rings (SSSR count). The van der Waals surface area contributed by atoms with E-state index in [-0.39, 0.29) is 9.79 Å². The van der Waals surface area contributed by atoms with Gasteiger partial charge in [0.25, 0.3) is 10.0 Å². The van der Waals surface area contributed by atoms with Crippen molar-refractivity contribution in [3.8, 4) is 0 Å². The van der Waals surface area contributed by atoms with Crippen LogP contribution in [-0.4, -0.2) is 35.5 Å². The standard InChI is InChI=1S/C23H23IN2O5S2/c1-17(18-8-14-21(15-9-18)32(2,28)29)25-23(27)16-26(20-12-10-19(24)11-13-20)33(30,31)22-6-4-3-5-7-22/h3-15,17H,16H2,1-2H3,(H,25,27)/t17-/m0/s1. The van der Waals surface area contributed by atoms with Crippen LogP contribution in [0.5, 0.6) is 0 Å². The highest BCUT2D eigenvalue weighted by atomic mass is 127. The van der Waals surface area contributed by atoms with Gasteiger partial charge in [0.1, 0.15) is 6.54 Å². The number of benzene rings is 3. The summed E-state index contributed by atoms with van der Waals surface area (Å²) >= 11 is 2.12. The molecule has 10 heteroatoms. The Kier molecular flexibility index (Phi) is 7.80. The average Bonchev–Trinajstić information content (AvgIpc) is 2.78. The SMILES string of the molecule is C[C@H](NC(=O)CN(c1ccc(I)cc1)S(=O)(=O)c1ccccc1)c1ccc(S(C)(=O)=O)cc1. The number of sulfone groups is 1. The van der Waals surface area contributed by atoms with E-state index in [1.165, 1.54) is 24.3 Å². The van der Waals surface area contributed by atoms with Crippen molar-refractivity contribution in [2.45, 2.75) is 22.8 Å². The van der Waals surface area contributed by atoms with E-state index in [0.717, 1.165) is 14.1 Å². The molecule has 0 saturated heterocycles. The Balaban J connectivity index is 1.84. The molecule has 0 aliphatic heterocycles. The minimum Gasteiger partial charge on any atom is -0.348 e. The van der Waals surface area contributed by atoms with Crippen LogP contribution < -0.4 is 9.62 Å². The highest BCUT2D eigenvalue weighted by Gasteiger charge is 2.27. The van der Waals surface area contributed by atoms with Crippen LogP contribution in [0.2, 0.25) is 0 Å². The smallest absolute Gasteiger partial charge is 0.264 e. The van der Waals surface area contributed by atoms with Crippen molar-refractivity contribution in [2.24, 2.45) is 0 Å². The number of amides is 1. The lowest BCUT2D eigenvalue weighted by Gasteiger charge is -2.25. The number of sulfonamides is 1. The van der Waals surface area contributed by atoms with Gasteiger partial charge in [0.2, 0.25) is 5.91 Å². The van der Waals surface area contributed by atoms with Crippen molar-refractivity contribution in [1.29, 1.82) is 0 Å². The van der Waals surface area contributed by atoms with Crippen molar-refractivity contribution >= 4 is 54.0 Å². The maximum absolute atomic E-state index is 13.3. The predicted molar refractivity (Wildman–Crippen MR) is 136 cm³/mol. The minimum absolute atomic E-state index is 0.0840. The van der Waals surface area contributed by atoms with E-state index in [4.69, 9.17) is 0 Å². The third-order valence-corrected chi connectivity index (χ3v) is 8.55. The van der Waals surface area contributed by atoms with Crippen molar-refractivity contribution < 1.29 is 21.6 Å². The molecule has 0 aliphatic carbocycles. The van der Waals surface area contributed by atoms with E-state index in [1.807, 2.05) is 0 Å². The van der Waals surface area contributed by atoms with Crippen LogP contribution in [0.3, 0.4) is 0 Å². The van der Waals surface area contributed by atoms with Gasteiger partial charge in [-0.3, -0.25) is 9.10 Å². The lowest BCUT2D eigenvalue weighted by Crippen LogP contribution is -2.41. The summed E-state index contributed by atoms with van der Waals surface area (Å²) in [7, 11) is -7.30. The molecule has 0 aromatic heterocycles. The van der Waals surface area contributed by atoms with Crippen LogP contribution >= 0.6 is 22.6 Å². The lowest BCUT2D eigenvalue weighted by molar-refractivity contribution is -0.120. The van der Waals surface area contributed by atoms with E-state index in [0.29, 0.717) is 11.3 Å². The highest BCUT2D eigenvalue weighted by Crippen LogP contribution is 2.25. The Morgan fingerprint density at radius 3 is 2.00 bits per heavy atom. The largest absolute Gasteiger partial charge is 0.348 e. The Morgan fingerprint density at radius 2 is 1.45 bits per heavy atom. The Morgan fingerprint density at radius 1 is 0.879 bits per heavy atom. The topological polar surface area (TPSA) is 101 Å². The molecule has 0 aliphatic rings. The number of nitrogens with zero attached hydrogens (tertiary/aromatic N) is 1. The molecule has 33 heavy (non-hydrogen) atoms. The van der Waals surface area contributed by atoms with Gasteiger partial charge in [-0.15, -0.1) is 0 Å². The van der Waals surface area contributed by atoms with Gasteiger partial charge < -0.3 is 5.32 Å². The van der Waals surface area contributed by atoms with Gasteiger partial charge in [-0.25, -0.2) is 16.8 Å². The van der Waals surface area contributed by atoms with Gasteiger partial charge in [-0.05, 0) is 83.6 Å². The Bertz CT molecular complexity index is 1330. The number of carbonyl (C=O) groups excluding carboxylic acids is 1. The molecule has 0 unspecified atom stereocenters. The maximum atomic E-state index is 13.3. The number of hydrogen-bond acceptors (Lipinski definition) is 5. The quantitative estimate of drug-likeness (QED) is 0.398. The summed E-state index contributed by atoms with van der Waals surface area (Å²) in [4.78, 5) is 13.1. The third-order valence-electron chi connectivity index (χ3n) is 4.92. The summed E-state index contributed by atoms with van der Waals surface area (Å²) in [6.07, 6.45) is 1.12. The van der Waals surface area contributed by atoms with E-state index in [1.54, 1.807) is 61.5 Å². The Hall–Kier alpha value is -2.44. The first kappa shape index (κ1) is 25.2. The van der Waals surface area contributed by atoms with Crippen molar-refractivity contribution in [1.82, 2.24) is 5.32 Å². The van der Waals surface area contributed by atoms with E-state index >= 15 is 0 Å². The van der Waals surface area contributed by atoms with E-state index in [9.17, 15) is 21.6 Å². The molecule has 0 fully saturated rings. The Labute approximate surface area is 207 Å². The van der Waals surface area contributed by atoms with Gasteiger partial charge >= 0.3 is 0 Å². The fourth-order valence-electron chi connectivity index (χ4n) is 3.15. The molecule has 1 amide bonds. The fraction of sp³-hybridized carbons (Fsp3) is 0.174. The monoisotopic (exact) mass is 598 g/mol. The molecule has 0 radical (unpaired) electrons. The highest BCUT2D eigenvalue weighted by molar-refractivity contribution is 14.1. The summed E-state index contributed by atoms with van der Waals surface area (Å²) in [5.41, 5.74) is 1.07. The molecule has 3 aromatic rings. The normalized spacial score (nSPS) is 12.7. The maximum Gasteiger partial charge on any atom is 0.264 e. The molecule has 1 atom stereocenters. The number of rotatable bonds is 8. The van der Waals surface area contributed by atoms with Crippen LogP contribution in [0, 0.1) is 3.57 Å². The average molecular weight is 598 g/mol. The minimum atomic E-state index is -3.98. The molecule has 0 heterocycles. The molecule has 3 aromatic carbocycles. The van der Waals surface area contributed by atoms with Crippen molar-refractivity contribution in [3.05, 3.63) is 88.0 Å². The molecule has 1 N–H and O–H groups in total. The van der Waals surface area contributed by atoms with Gasteiger partial charge in [0, 0.05) is 9.83 Å². The van der Waals surface area contributed by atoms with Crippen LogP contribution in [-0.2, 0) is 24.7 Å². The molecule has 0 bridgehead atoms. The van der Waals surface area contributed by atoms with Gasteiger partial charge in [0.05, 0.1) is 21.5 Å². The number of halogens is 1. The van der Waals surface area contributed by atoms with Crippen LogP contribution in [0.25, 0.3) is 0 Å². The van der Waals surface area contributed by atoms with Crippen molar-refractivity contribution in [3.63, 3.8) is 0 Å². The molecular weight excluding hydrogens is 575 g/mol. The second-order valence-corrected chi connectivity index (χ2v) is 12.6. The number of carbonyl (C=O) groups is 1. The number of hydrogen-bond donors (Lipinski definition) is 1. The van der Waals surface area contributed by atoms with Gasteiger partial charge in [-0.2, -0.15) is 0 Å². The molecule has 174 valence electrons. The second kappa shape index (κ2) is 10.2. The summed E-state index contributed by atoms with van der Waals surface area (Å²) < 4.78 is 52.0. The summed E-state index contributed by atoms with van der Waals surface area (Å²) in [6, 6.07) is 20.5. The molecule has 0 spiro atoms. The number of anilines is 1. The first-order valence-corrected chi connectivity index (χ1v) is 14.3. The lowest BCUT2D eigenvalue weighted by atomic mass is 10.1. The van der Waals surface area contributed by atoms with Crippen LogP contribution in [0.15, 0.2) is 88.7 Å². The summed E-state index contributed by atoms with van der Waals surface area (Å²) in [5.74, 6) is -0.493. The van der Waals surface area contributed by atoms with E-state index < -0.39 is 38.4 Å². The summed E-state index contributed by atoms with van der Waals surface area (Å²) in [6.45, 7) is 1.33. The first-order chi connectivity index (χ1) is 15.5. The molecular formula is C23H23IN2O5S2. The zero-order chi connectivity index (χ0) is 24.2. The zero-order valence-corrected chi connectivity index (χ0v) is 21.8. The summed E-state index contributed by atoms with van der Waals surface area (Å²) in [5, 5.41) is 2.79. The first-order valence-electron chi connectivity index (χ1n) is 9.91. The third kappa shape index (κ3) is 6.33. The second-order valence-electron chi connectivity index (χ2n) is 7.43. The van der Waals surface area contributed by atoms with E-state index in [2.05, 4.69) is 27.9 Å². The molecule has 0 saturated carbocycles.